The first-order chi connectivity index (χ1) is 18.8. The van der Waals surface area contributed by atoms with E-state index in [-0.39, 0.29) is 23.8 Å². The number of anilines is 2. The molecule has 1 aromatic heterocycles. The molecule has 8 heteroatoms. The van der Waals surface area contributed by atoms with E-state index >= 15 is 0 Å². The van der Waals surface area contributed by atoms with Gasteiger partial charge in [-0.1, -0.05) is 67.1 Å². The number of ketones is 1. The molecular formula is C31H30ClN5O2. The molecular weight excluding hydrogens is 510 g/mol. The van der Waals surface area contributed by atoms with Gasteiger partial charge >= 0.3 is 0 Å². The molecule has 1 aliphatic carbocycles. The van der Waals surface area contributed by atoms with Gasteiger partial charge in [-0.2, -0.15) is 0 Å². The van der Waals surface area contributed by atoms with E-state index in [1.54, 1.807) is 4.68 Å². The van der Waals surface area contributed by atoms with Crippen molar-refractivity contribution in [3.63, 3.8) is 0 Å². The topological polar surface area (TPSA) is 81.1 Å². The molecule has 3 aromatic carbocycles. The fourth-order valence-corrected chi connectivity index (χ4v) is 5.47. The van der Waals surface area contributed by atoms with Crippen molar-refractivity contribution in [2.75, 3.05) is 10.6 Å². The summed E-state index contributed by atoms with van der Waals surface area (Å²) < 4.78 is 7.90. The van der Waals surface area contributed by atoms with E-state index < -0.39 is 0 Å². The Morgan fingerprint density at radius 3 is 2.64 bits per heavy atom. The maximum atomic E-state index is 13.5. The van der Waals surface area contributed by atoms with E-state index in [0.717, 1.165) is 45.9 Å². The van der Waals surface area contributed by atoms with Crippen molar-refractivity contribution >= 4 is 28.8 Å². The van der Waals surface area contributed by atoms with Crippen LogP contribution in [0.25, 0.3) is 0 Å². The molecule has 0 radical (unpaired) electrons. The molecule has 2 N–H and O–H groups in total. The summed E-state index contributed by atoms with van der Waals surface area (Å²) in [4.78, 5) is 13.5. The lowest BCUT2D eigenvalue weighted by molar-refractivity contribution is -0.118. The number of carbonyl (C=O) groups is 1. The zero-order chi connectivity index (χ0) is 27.0. The summed E-state index contributed by atoms with van der Waals surface area (Å²) in [6, 6.07) is 23.4. The van der Waals surface area contributed by atoms with Gasteiger partial charge in [-0.25, -0.2) is 4.68 Å². The largest absolute Gasteiger partial charge is 0.487 e. The predicted octanol–water partition coefficient (Wildman–Crippen LogP) is 6.78. The van der Waals surface area contributed by atoms with Crippen LogP contribution in [0.3, 0.4) is 0 Å². The van der Waals surface area contributed by atoms with Crippen LogP contribution in [0.15, 0.2) is 90.3 Å². The standard InChI is InChI=1S/C31H30ClN5O2/c1-31(2)15-27-29(28(38)16-31)30(34-26-9-4-3-8-25(26)33-27)21-6-5-7-24(14-21)39-19-23-18-37(36-35-23)17-20-10-12-22(32)13-11-20/h3-14,18,30,33-34H,15-17,19H2,1-2H3. The van der Waals surface area contributed by atoms with Gasteiger partial charge in [-0.05, 0) is 59.4 Å². The van der Waals surface area contributed by atoms with Crippen molar-refractivity contribution in [2.45, 2.75) is 45.9 Å². The molecule has 0 fully saturated rings. The molecule has 1 aliphatic heterocycles. The summed E-state index contributed by atoms with van der Waals surface area (Å²) in [5, 5.41) is 16.4. The van der Waals surface area contributed by atoms with Crippen LogP contribution < -0.4 is 15.4 Å². The molecule has 39 heavy (non-hydrogen) atoms. The zero-order valence-corrected chi connectivity index (χ0v) is 22.7. The summed E-state index contributed by atoms with van der Waals surface area (Å²) >= 11 is 5.98. The maximum Gasteiger partial charge on any atom is 0.163 e. The van der Waals surface area contributed by atoms with Gasteiger partial charge in [-0.15, -0.1) is 5.10 Å². The Labute approximate surface area is 232 Å². The molecule has 4 aromatic rings. The number of para-hydroxylation sites is 2. The van der Waals surface area contributed by atoms with Gasteiger partial charge in [0.05, 0.1) is 30.2 Å². The fourth-order valence-electron chi connectivity index (χ4n) is 5.34. The number of Topliss-reactive ketones (excluding diaryl/α,β-unsaturated/α-hetero) is 1. The van der Waals surface area contributed by atoms with Crippen LogP contribution in [0.2, 0.25) is 5.02 Å². The van der Waals surface area contributed by atoms with Crippen LogP contribution in [0.5, 0.6) is 5.75 Å². The Morgan fingerprint density at radius 1 is 1.03 bits per heavy atom. The number of hydrogen-bond donors (Lipinski definition) is 2. The van der Waals surface area contributed by atoms with Gasteiger partial charge < -0.3 is 15.4 Å². The first-order valence-corrected chi connectivity index (χ1v) is 13.5. The third-order valence-electron chi connectivity index (χ3n) is 7.14. The molecule has 7 nitrogen and oxygen atoms in total. The zero-order valence-electron chi connectivity index (χ0n) is 21.9. The number of nitrogens with one attached hydrogen (secondary N) is 2. The van der Waals surface area contributed by atoms with Crippen LogP contribution in [-0.2, 0) is 17.9 Å². The number of rotatable bonds is 6. The minimum absolute atomic E-state index is 0.0945. The predicted molar refractivity (Wildman–Crippen MR) is 153 cm³/mol. The summed E-state index contributed by atoms with van der Waals surface area (Å²) in [5.41, 5.74) is 6.43. The number of hydrogen-bond acceptors (Lipinski definition) is 6. The summed E-state index contributed by atoms with van der Waals surface area (Å²) in [7, 11) is 0. The number of nitrogens with zero attached hydrogens (tertiary/aromatic N) is 3. The third kappa shape index (κ3) is 5.54. The highest BCUT2D eigenvalue weighted by molar-refractivity contribution is 6.30. The molecule has 1 atom stereocenters. The molecule has 0 spiro atoms. The Bertz CT molecular complexity index is 1560. The minimum Gasteiger partial charge on any atom is -0.487 e. The quantitative estimate of drug-likeness (QED) is 0.281. The highest BCUT2D eigenvalue weighted by atomic mass is 35.5. The monoisotopic (exact) mass is 539 g/mol. The lowest BCUT2D eigenvalue weighted by atomic mass is 9.73. The lowest BCUT2D eigenvalue weighted by Gasteiger charge is -2.34. The first kappa shape index (κ1) is 25.2. The highest BCUT2D eigenvalue weighted by Crippen LogP contribution is 2.45. The minimum atomic E-state index is -0.288. The van der Waals surface area contributed by atoms with Gasteiger partial charge in [0.25, 0.3) is 0 Å². The van der Waals surface area contributed by atoms with Gasteiger partial charge in [0.15, 0.2) is 5.78 Å². The van der Waals surface area contributed by atoms with Crippen LogP contribution in [0, 0.1) is 5.41 Å². The number of allylic oxidation sites excluding steroid dienone is 1. The number of carbonyl (C=O) groups excluding carboxylic acids is 1. The van der Waals surface area contributed by atoms with Crippen LogP contribution in [0.1, 0.15) is 49.6 Å². The molecule has 6 rings (SSSR count). The number of aromatic nitrogens is 3. The van der Waals surface area contributed by atoms with Gasteiger partial charge in [-0.3, -0.25) is 4.79 Å². The molecule has 2 heterocycles. The van der Waals surface area contributed by atoms with Gasteiger partial charge in [0.2, 0.25) is 0 Å². The fraction of sp³-hybridized carbons (Fsp3) is 0.258. The van der Waals surface area contributed by atoms with Gasteiger partial charge in [0, 0.05) is 22.7 Å². The maximum absolute atomic E-state index is 13.5. The Kier molecular flexibility index (Phi) is 6.61. The average molecular weight is 540 g/mol. The van der Waals surface area contributed by atoms with Crippen LogP contribution in [0.4, 0.5) is 11.4 Å². The highest BCUT2D eigenvalue weighted by Gasteiger charge is 2.38. The summed E-state index contributed by atoms with van der Waals surface area (Å²) in [6.45, 7) is 5.18. The van der Waals surface area contributed by atoms with E-state index in [9.17, 15) is 4.79 Å². The van der Waals surface area contributed by atoms with E-state index in [1.165, 1.54) is 0 Å². The van der Waals surface area contributed by atoms with Crippen molar-refractivity contribution in [3.8, 4) is 5.75 Å². The van der Waals surface area contributed by atoms with Crippen LogP contribution in [-0.4, -0.2) is 20.8 Å². The first-order valence-electron chi connectivity index (χ1n) is 13.1. The molecule has 0 bridgehead atoms. The summed E-state index contributed by atoms with van der Waals surface area (Å²) in [5.74, 6) is 0.875. The van der Waals surface area contributed by atoms with Crippen LogP contribution >= 0.6 is 11.6 Å². The number of fused-ring (bicyclic) bond motifs is 1. The lowest BCUT2D eigenvalue weighted by Crippen LogP contribution is -2.31. The van der Waals surface area contributed by atoms with E-state index in [2.05, 4.69) is 34.8 Å². The van der Waals surface area contributed by atoms with E-state index in [1.807, 2.05) is 79.0 Å². The summed E-state index contributed by atoms with van der Waals surface area (Å²) in [6.07, 6.45) is 3.21. The molecule has 0 saturated carbocycles. The number of ether oxygens (including phenoxy) is 1. The van der Waals surface area contributed by atoms with Crippen molar-refractivity contribution in [3.05, 3.63) is 112 Å². The second-order valence-corrected chi connectivity index (χ2v) is 11.4. The molecule has 2 aliphatic rings. The number of benzene rings is 3. The normalized spacial score (nSPS) is 17.9. The molecule has 0 amide bonds. The van der Waals surface area contributed by atoms with Crippen molar-refractivity contribution < 1.29 is 9.53 Å². The molecule has 198 valence electrons. The van der Waals surface area contributed by atoms with E-state index in [4.69, 9.17) is 16.3 Å². The molecule has 0 saturated heterocycles. The van der Waals surface area contributed by atoms with Crippen molar-refractivity contribution in [1.29, 1.82) is 0 Å². The smallest absolute Gasteiger partial charge is 0.163 e. The Balaban J connectivity index is 1.23. The molecule has 1 unspecified atom stereocenters. The Hall–Kier alpha value is -4.10. The SMILES string of the molecule is CC1(C)CC(=O)C2=C(C1)Nc1ccccc1NC2c1cccc(OCc2cn(Cc3ccc(Cl)cc3)nn2)c1. The van der Waals surface area contributed by atoms with Crippen molar-refractivity contribution in [2.24, 2.45) is 5.41 Å². The average Bonchev–Trinajstić information content (AvgIpc) is 3.28. The van der Waals surface area contributed by atoms with Gasteiger partial charge in [0.1, 0.15) is 18.1 Å². The second-order valence-electron chi connectivity index (χ2n) is 11.0. The third-order valence-corrected chi connectivity index (χ3v) is 7.40. The number of halogens is 1. The van der Waals surface area contributed by atoms with E-state index in [0.29, 0.717) is 23.7 Å². The Morgan fingerprint density at radius 2 is 1.82 bits per heavy atom. The second kappa shape index (κ2) is 10.2. The van der Waals surface area contributed by atoms with Crippen molar-refractivity contribution in [1.82, 2.24) is 15.0 Å².